The number of hydrogen-bond acceptors (Lipinski definition) is 11. The van der Waals surface area contributed by atoms with Gasteiger partial charge in [-0.1, -0.05) is 0 Å². The van der Waals surface area contributed by atoms with Crippen molar-refractivity contribution in [2.45, 2.75) is 37.0 Å². The Kier molecular flexibility index (Phi) is 5.22. The zero-order valence-electron chi connectivity index (χ0n) is 16.6. The molecule has 0 aromatic carbocycles. The normalized spacial score (nSPS) is 27.9. The van der Waals surface area contributed by atoms with Gasteiger partial charge in [-0.3, -0.25) is 4.57 Å². The predicted molar refractivity (Wildman–Crippen MR) is 105 cm³/mol. The SMILES string of the molecule is O=C(O)c1cnn(-c2nc(NC3CCOC3)c3ncn([C@@H]4O[C@H](CO)[C@@H](O)[C@H]4O)c3n2)c1. The molecule has 3 aromatic heterocycles. The number of aliphatic hydroxyl groups is 3. The number of anilines is 1. The standard InChI is InChI=1S/C18H21N7O7/c26-5-10-12(27)13(28)16(32-10)24-7-19-11-14(21-9-1-2-31-6-9)22-18(23-15(11)24)25-4-8(3-20-25)17(29)30/h3-4,7,9-10,12-13,16,26-28H,1-2,5-6H2,(H,29,30)(H,21,22,23)/t9?,10-,12-,13-,16-/m1/s1. The average Bonchev–Trinajstić information content (AvgIpc) is 3.56. The molecule has 1 unspecified atom stereocenters. The summed E-state index contributed by atoms with van der Waals surface area (Å²) in [6.45, 7) is 0.624. The average molecular weight is 447 g/mol. The molecule has 2 aliphatic heterocycles. The van der Waals surface area contributed by atoms with E-state index in [1.54, 1.807) is 0 Å². The summed E-state index contributed by atoms with van der Waals surface area (Å²) < 4.78 is 13.7. The Hall–Kier alpha value is -3.17. The Bertz CT molecular complexity index is 1140. The molecule has 14 nitrogen and oxygen atoms in total. The minimum absolute atomic E-state index is 0.00721. The fourth-order valence-corrected chi connectivity index (χ4v) is 3.79. The second kappa shape index (κ2) is 8.07. The lowest BCUT2D eigenvalue weighted by Crippen LogP contribution is -2.33. The van der Waals surface area contributed by atoms with Crippen molar-refractivity contribution >= 4 is 23.0 Å². The Morgan fingerprint density at radius 1 is 1.28 bits per heavy atom. The van der Waals surface area contributed by atoms with Crippen LogP contribution in [0.3, 0.4) is 0 Å². The summed E-state index contributed by atoms with van der Waals surface area (Å²) in [5.74, 6) is -0.700. The fraction of sp³-hybridized carbons (Fsp3) is 0.500. The van der Waals surface area contributed by atoms with Gasteiger partial charge in [0.15, 0.2) is 23.2 Å². The van der Waals surface area contributed by atoms with Crippen LogP contribution in [0.5, 0.6) is 0 Å². The van der Waals surface area contributed by atoms with E-state index in [4.69, 9.17) is 9.47 Å². The van der Waals surface area contributed by atoms with E-state index in [1.807, 2.05) is 0 Å². The maximum absolute atomic E-state index is 11.2. The summed E-state index contributed by atoms with van der Waals surface area (Å²) in [4.78, 5) is 24.5. The molecule has 3 aromatic rings. The number of ether oxygens (including phenoxy) is 2. The van der Waals surface area contributed by atoms with E-state index in [-0.39, 0.29) is 23.2 Å². The third kappa shape index (κ3) is 3.47. The summed E-state index contributed by atoms with van der Waals surface area (Å²) in [5, 5.41) is 46.5. The van der Waals surface area contributed by atoms with E-state index >= 15 is 0 Å². The quantitative estimate of drug-likeness (QED) is 0.295. The first-order valence-corrected chi connectivity index (χ1v) is 9.96. The lowest BCUT2D eigenvalue weighted by Gasteiger charge is -2.17. The number of fused-ring (bicyclic) bond motifs is 1. The van der Waals surface area contributed by atoms with Crippen LogP contribution in [0.4, 0.5) is 5.82 Å². The van der Waals surface area contributed by atoms with E-state index < -0.39 is 37.1 Å². The molecule has 5 rings (SSSR count). The van der Waals surface area contributed by atoms with Crippen molar-refractivity contribution in [1.29, 1.82) is 0 Å². The minimum atomic E-state index is -1.33. The lowest BCUT2D eigenvalue weighted by molar-refractivity contribution is -0.0511. The zero-order valence-corrected chi connectivity index (χ0v) is 16.6. The first-order valence-electron chi connectivity index (χ1n) is 9.96. The van der Waals surface area contributed by atoms with Crippen molar-refractivity contribution in [3.63, 3.8) is 0 Å². The molecule has 0 amide bonds. The molecule has 14 heteroatoms. The Balaban J connectivity index is 1.61. The van der Waals surface area contributed by atoms with E-state index in [9.17, 15) is 25.2 Å². The highest BCUT2D eigenvalue weighted by atomic mass is 16.6. The number of aromatic nitrogens is 6. The molecule has 0 saturated carbocycles. The summed E-state index contributed by atoms with van der Waals surface area (Å²) in [5.41, 5.74) is 0.604. The van der Waals surface area contributed by atoms with Crippen molar-refractivity contribution in [3.05, 3.63) is 24.3 Å². The Morgan fingerprint density at radius 3 is 2.78 bits per heavy atom. The smallest absolute Gasteiger partial charge is 0.338 e. The van der Waals surface area contributed by atoms with Gasteiger partial charge < -0.3 is 35.2 Å². The van der Waals surface area contributed by atoms with Crippen LogP contribution in [0.2, 0.25) is 0 Å². The largest absolute Gasteiger partial charge is 0.478 e. The van der Waals surface area contributed by atoms with Gasteiger partial charge in [0.05, 0.1) is 37.3 Å². The molecule has 5 heterocycles. The molecule has 32 heavy (non-hydrogen) atoms. The van der Waals surface area contributed by atoms with Gasteiger partial charge in [-0.15, -0.1) is 0 Å². The minimum Gasteiger partial charge on any atom is -0.478 e. The van der Waals surface area contributed by atoms with Gasteiger partial charge in [0.25, 0.3) is 5.95 Å². The zero-order chi connectivity index (χ0) is 22.4. The van der Waals surface area contributed by atoms with Crippen LogP contribution < -0.4 is 5.32 Å². The molecule has 0 radical (unpaired) electrons. The highest BCUT2D eigenvalue weighted by Gasteiger charge is 2.44. The highest BCUT2D eigenvalue weighted by Crippen LogP contribution is 2.33. The second-order valence-corrected chi connectivity index (χ2v) is 7.61. The summed E-state index contributed by atoms with van der Waals surface area (Å²) in [6.07, 6.45) is -0.0217. The summed E-state index contributed by atoms with van der Waals surface area (Å²) >= 11 is 0. The van der Waals surface area contributed by atoms with Gasteiger partial charge in [-0.25, -0.2) is 14.5 Å². The number of carboxylic acid groups (broad SMARTS) is 1. The van der Waals surface area contributed by atoms with Crippen molar-refractivity contribution in [1.82, 2.24) is 29.3 Å². The topological polar surface area (TPSA) is 190 Å². The predicted octanol–water partition coefficient (Wildman–Crippen LogP) is -1.48. The van der Waals surface area contributed by atoms with Gasteiger partial charge in [-0.05, 0) is 6.42 Å². The maximum atomic E-state index is 11.2. The molecule has 5 N–H and O–H groups in total. The third-order valence-electron chi connectivity index (χ3n) is 5.51. The number of carboxylic acids is 1. The van der Waals surface area contributed by atoms with E-state index in [0.29, 0.717) is 24.5 Å². The number of nitrogens with zero attached hydrogens (tertiary/aromatic N) is 6. The van der Waals surface area contributed by atoms with Crippen LogP contribution in [0, 0.1) is 0 Å². The van der Waals surface area contributed by atoms with Crippen LogP contribution in [0.25, 0.3) is 17.1 Å². The van der Waals surface area contributed by atoms with Gasteiger partial charge in [0.2, 0.25) is 0 Å². The van der Waals surface area contributed by atoms with Gasteiger partial charge in [0, 0.05) is 12.8 Å². The molecule has 0 spiro atoms. The van der Waals surface area contributed by atoms with Crippen LogP contribution in [-0.4, -0.2) is 99.9 Å². The molecule has 2 aliphatic rings. The number of aliphatic hydroxyl groups excluding tert-OH is 3. The summed E-state index contributed by atoms with van der Waals surface area (Å²) in [7, 11) is 0. The van der Waals surface area contributed by atoms with Gasteiger partial charge >= 0.3 is 5.97 Å². The molecule has 2 fully saturated rings. The number of rotatable bonds is 6. The molecule has 2 saturated heterocycles. The van der Waals surface area contributed by atoms with Crippen molar-refractivity contribution < 1.29 is 34.7 Å². The van der Waals surface area contributed by atoms with Crippen molar-refractivity contribution in [2.75, 3.05) is 25.1 Å². The number of hydrogen-bond donors (Lipinski definition) is 5. The van der Waals surface area contributed by atoms with Crippen molar-refractivity contribution in [2.24, 2.45) is 0 Å². The van der Waals surface area contributed by atoms with Crippen LogP contribution in [0.1, 0.15) is 23.0 Å². The summed E-state index contributed by atoms with van der Waals surface area (Å²) in [6, 6.07) is -0.00721. The molecule has 0 bridgehead atoms. The molecular formula is C18H21N7O7. The highest BCUT2D eigenvalue weighted by molar-refractivity contribution is 5.87. The van der Waals surface area contributed by atoms with Crippen LogP contribution in [-0.2, 0) is 9.47 Å². The lowest BCUT2D eigenvalue weighted by atomic mass is 10.1. The van der Waals surface area contributed by atoms with E-state index in [2.05, 4.69) is 25.4 Å². The number of carbonyl (C=O) groups is 1. The maximum Gasteiger partial charge on any atom is 0.338 e. The second-order valence-electron chi connectivity index (χ2n) is 7.61. The number of nitrogens with one attached hydrogen (secondary N) is 1. The Morgan fingerprint density at radius 2 is 2.12 bits per heavy atom. The monoisotopic (exact) mass is 447 g/mol. The molecule has 170 valence electrons. The van der Waals surface area contributed by atoms with Gasteiger partial charge in [0.1, 0.15) is 18.3 Å². The first-order chi connectivity index (χ1) is 15.5. The molecule has 5 atom stereocenters. The third-order valence-corrected chi connectivity index (χ3v) is 5.51. The Labute approximate surface area is 180 Å². The van der Waals surface area contributed by atoms with Crippen LogP contribution in [0.15, 0.2) is 18.7 Å². The van der Waals surface area contributed by atoms with Gasteiger partial charge in [-0.2, -0.15) is 15.1 Å². The molecule has 0 aliphatic carbocycles. The van der Waals surface area contributed by atoms with Crippen molar-refractivity contribution in [3.8, 4) is 5.95 Å². The molecular weight excluding hydrogens is 426 g/mol. The van der Waals surface area contributed by atoms with Crippen LogP contribution >= 0.6 is 0 Å². The first kappa shape index (κ1) is 20.7. The fourth-order valence-electron chi connectivity index (χ4n) is 3.79. The van der Waals surface area contributed by atoms with E-state index in [0.717, 1.165) is 6.42 Å². The number of aromatic carboxylic acids is 1. The van der Waals surface area contributed by atoms with E-state index in [1.165, 1.54) is 28.0 Å². The number of imidazole rings is 1.